The third-order valence-corrected chi connectivity index (χ3v) is 9.60. The maximum absolute atomic E-state index is 9.58. The third kappa shape index (κ3) is 5.21. The summed E-state index contributed by atoms with van der Waals surface area (Å²) in [5.74, 6) is 0. The van der Waals surface area contributed by atoms with Gasteiger partial charge in [-0.3, -0.25) is 0 Å². The van der Waals surface area contributed by atoms with Crippen molar-refractivity contribution >= 4 is 60.5 Å². The molecule has 52 heavy (non-hydrogen) atoms. The van der Waals surface area contributed by atoms with Crippen LogP contribution in [0.15, 0.2) is 204 Å². The molecule has 0 atom stereocenters. The monoisotopic (exact) mass is 671 g/mol. The van der Waals surface area contributed by atoms with E-state index in [1.807, 2.05) is 121 Å². The molecule has 1 heterocycles. The van der Waals surface area contributed by atoms with E-state index in [1.54, 1.807) is 30.3 Å². The van der Waals surface area contributed by atoms with Crippen molar-refractivity contribution in [2.24, 2.45) is 0 Å². The highest BCUT2D eigenvalue weighted by Crippen LogP contribution is 2.40. The second-order valence-electron chi connectivity index (χ2n) is 12.7. The molecule has 2 nitrogen and oxygen atoms in total. The van der Waals surface area contributed by atoms with E-state index in [9.17, 15) is 11.0 Å². The van der Waals surface area contributed by atoms with Gasteiger partial charge in [0.1, 0.15) is 11.2 Å². The number of para-hydroxylation sites is 1. The predicted molar refractivity (Wildman–Crippen MR) is 220 cm³/mol. The Kier molecular flexibility index (Phi) is 5.45. The second-order valence-corrected chi connectivity index (χ2v) is 12.7. The van der Waals surface area contributed by atoms with E-state index >= 15 is 0 Å². The molecule has 0 unspecified atom stereocenters. The van der Waals surface area contributed by atoms with Crippen LogP contribution in [0.4, 0.5) is 17.1 Å². The van der Waals surface area contributed by atoms with Gasteiger partial charge in [0, 0.05) is 27.8 Å². The molecule has 0 spiro atoms. The Balaban J connectivity index is 1.23. The molecule has 0 amide bonds. The Morgan fingerprint density at radius 2 is 0.846 bits per heavy atom. The summed E-state index contributed by atoms with van der Waals surface area (Å²) in [5.41, 5.74) is 4.26. The molecule has 0 N–H and O–H groups in total. The van der Waals surface area contributed by atoms with Gasteiger partial charge in [0.2, 0.25) is 0 Å². The van der Waals surface area contributed by atoms with Crippen LogP contribution in [0.5, 0.6) is 0 Å². The van der Waals surface area contributed by atoms with Crippen molar-refractivity contribution < 1.29 is 15.4 Å². The highest BCUT2D eigenvalue weighted by Gasteiger charge is 2.16. The van der Waals surface area contributed by atoms with Gasteiger partial charge in [-0.1, -0.05) is 145 Å². The van der Waals surface area contributed by atoms with Gasteiger partial charge < -0.3 is 9.32 Å². The summed E-state index contributed by atoms with van der Waals surface area (Å²) in [4.78, 5) is 1.36. The first kappa shape index (κ1) is 22.7. The van der Waals surface area contributed by atoms with Crippen LogP contribution in [0.25, 0.3) is 76.9 Å². The molecule has 0 aliphatic heterocycles. The average molecular weight is 672 g/mol. The molecule has 0 radical (unpaired) electrons. The van der Waals surface area contributed by atoms with Gasteiger partial charge in [0.05, 0.1) is 11.0 Å². The van der Waals surface area contributed by atoms with Gasteiger partial charge in [-0.15, -0.1) is 0 Å². The average Bonchev–Trinajstić information content (AvgIpc) is 3.65. The zero-order chi connectivity index (χ0) is 41.4. The van der Waals surface area contributed by atoms with Crippen molar-refractivity contribution in [3.8, 4) is 33.4 Å². The summed E-state index contributed by atoms with van der Waals surface area (Å²) in [6.45, 7) is 0. The van der Waals surface area contributed by atoms with Crippen molar-refractivity contribution in [2.75, 3.05) is 4.90 Å². The number of nitrogens with zero attached hydrogens (tertiary/aromatic N) is 1. The standard InChI is InChI=1S/C50H33NO/c1-3-16-43-34(10-1)12-8-19-45(43)36-22-27-40(28-23-36)51(41-29-24-37(25-30-41)46-20-9-13-35-11-2-4-17-44(35)46)42-15-7-14-38(32-42)39-26-31-50-48(33-39)47-18-5-6-21-49(47)52-50/h1-33H/i22D,23D,24D,25D,27D,28D,29D,30D. The lowest BCUT2D eigenvalue weighted by Crippen LogP contribution is -2.10. The van der Waals surface area contributed by atoms with Crippen LogP contribution in [0.3, 0.4) is 0 Å². The summed E-state index contributed by atoms with van der Waals surface area (Å²) in [5, 5.41) is 5.17. The normalized spacial score (nSPS) is 13.6. The van der Waals surface area contributed by atoms with Crippen LogP contribution in [0, 0.1) is 0 Å². The van der Waals surface area contributed by atoms with Gasteiger partial charge >= 0.3 is 0 Å². The highest BCUT2D eigenvalue weighted by molar-refractivity contribution is 6.06. The number of furan rings is 1. The lowest BCUT2D eigenvalue weighted by atomic mass is 9.97. The van der Waals surface area contributed by atoms with Crippen molar-refractivity contribution in [1.29, 1.82) is 0 Å². The predicted octanol–water partition coefficient (Wildman–Crippen LogP) is 14.4. The van der Waals surface area contributed by atoms with E-state index in [1.165, 1.54) is 4.90 Å². The topological polar surface area (TPSA) is 16.4 Å². The van der Waals surface area contributed by atoms with Gasteiger partial charge in [-0.25, -0.2) is 0 Å². The maximum Gasteiger partial charge on any atom is 0.135 e. The number of anilines is 3. The summed E-state index contributed by atoms with van der Waals surface area (Å²) in [6, 6.07) is 44.2. The first-order valence-corrected chi connectivity index (χ1v) is 17.1. The molecule has 0 aliphatic carbocycles. The molecule has 1 aromatic heterocycles. The molecule has 244 valence electrons. The zero-order valence-electron chi connectivity index (χ0n) is 35.8. The van der Waals surface area contributed by atoms with Crippen LogP contribution in [0.2, 0.25) is 0 Å². The number of hydrogen-bond acceptors (Lipinski definition) is 2. The Morgan fingerprint density at radius 1 is 0.346 bits per heavy atom. The third-order valence-electron chi connectivity index (χ3n) is 9.60. The van der Waals surface area contributed by atoms with E-state index in [-0.39, 0.29) is 46.7 Å². The second kappa shape index (κ2) is 12.5. The molecular formula is C50H33NO. The number of hydrogen-bond donors (Lipinski definition) is 0. The summed E-state index contributed by atoms with van der Waals surface area (Å²) >= 11 is 0. The molecule has 10 rings (SSSR count). The fourth-order valence-electron chi connectivity index (χ4n) is 7.09. The molecule has 10 aromatic rings. The van der Waals surface area contributed by atoms with E-state index in [4.69, 9.17) is 4.42 Å². The number of benzene rings is 9. The fourth-order valence-corrected chi connectivity index (χ4v) is 7.09. The zero-order valence-corrected chi connectivity index (χ0v) is 27.8. The number of fused-ring (bicyclic) bond motifs is 5. The van der Waals surface area contributed by atoms with Gasteiger partial charge in [0.25, 0.3) is 0 Å². The fraction of sp³-hybridized carbons (Fsp3) is 0. The Morgan fingerprint density at radius 3 is 1.48 bits per heavy atom. The van der Waals surface area contributed by atoms with Gasteiger partial charge in [0.15, 0.2) is 0 Å². The highest BCUT2D eigenvalue weighted by atomic mass is 16.3. The Hall–Kier alpha value is -6.90. The minimum atomic E-state index is -0.398. The van der Waals surface area contributed by atoms with Crippen molar-refractivity contribution in [3.63, 3.8) is 0 Å². The van der Waals surface area contributed by atoms with Crippen LogP contribution in [-0.4, -0.2) is 0 Å². The molecule has 0 bridgehead atoms. The summed E-state index contributed by atoms with van der Waals surface area (Å²) < 4.78 is 82.1. The van der Waals surface area contributed by atoms with E-state index in [2.05, 4.69) is 0 Å². The lowest BCUT2D eigenvalue weighted by molar-refractivity contribution is 0.669. The van der Waals surface area contributed by atoms with E-state index < -0.39 is 24.2 Å². The maximum atomic E-state index is 9.58. The Bertz CT molecular complexity index is 3180. The van der Waals surface area contributed by atoms with Crippen LogP contribution >= 0.6 is 0 Å². The lowest BCUT2D eigenvalue weighted by Gasteiger charge is -2.26. The minimum absolute atomic E-state index is 0.116. The summed E-state index contributed by atoms with van der Waals surface area (Å²) in [6.07, 6.45) is 0. The SMILES string of the molecule is [2H]c1c([2H])c(N(c2cccc(-c3ccc4oc5ccccc5c4c3)c2)c2c([2H])c([2H])c(-c3cccc4ccccc34)c([2H])c2[2H])c([2H])c([2H])c1-c1cccc2ccccc12. The van der Waals surface area contributed by atoms with Gasteiger partial charge in [-0.2, -0.15) is 0 Å². The first-order valence-electron chi connectivity index (χ1n) is 21.1. The van der Waals surface area contributed by atoms with E-state index in [0.29, 0.717) is 16.8 Å². The summed E-state index contributed by atoms with van der Waals surface area (Å²) in [7, 11) is 0. The molecule has 0 aliphatic rings. The van der Waals surface area contributed by atoms with Crippen molar-refractivity contribution in [3.05, 3.63) is 200 Å². The minimum Gasteiger partial charge on any atom is -0.456 e. The molecule has 9 aromatic carbocycles. The number of rotatable bonds is 6. The quantitative estimate of drug-likeness (QED) is 0.175. The van der Waals surface area contributed by atoms with Crippen LogP contribution < -0.4 is 4.90 Å². The van der Waals surface area contributed by atoms with Crippen LogP contribution in [0.1, 0.15) is 11.0 Å². The first-order chi connectivity index (χ1) is 29.1. The molecule has 0 saturated carbocycles. The molecular weight excluding hydrogens is 631 g/mol. The van der Waals surface area contributed by atoms with Gasteiger partial charge in [-0.05, 0) is 109 Å². The smallest absolute Gasteiger partial charge is 0.135 e. The Labute approximate surface area is 313 Å². The molecule has 0 fully saturated rings. The van der Waals surface area contributed by atoms with Crippen molar-refractivity contribution in [1.82, 2.24) is 0 Å². The largest absolute Gasteiger partial charge is 0.456 e. The van der Waals surface area contributed by atoms with Crippen molar-refractivity contribution in [2.45, 2.75) is 0 Å². The van der Waals surface area contributed by atoms with Crippen LogP contribution in [-0.2, 0) is 0 Å². The molecule has 0 saturated heterocycles. The van der Waals surface area contributed by atoms with E-state index in [0.717, 1.165) is 54.6 Å². The molecule has 2 heteroatoms.